The summed E-state index contributed by atoms with van der Waals surface area (Å²) in [4.78, 5) is 21.4. The molecule has 1 aliphatic carbocycles. The second kappa shape index (κ2) is 2.38. The lowest BCUT2D eigenvalue weighted by Crippen LogP contribution is -2.17. The summed E-state index contributed by atoms with van der Waals surface area (Å²) in [6.07, 6.45) is 2.34. The molecule has 3 nitrogen and oxygen atoms in total. The van der Waals surface area contributed by atoms with E-state index in [1.165, 1.54) is 6.08 Å². The van der Waals surface area contributed by atoms with Gasteiger partial charge >= 0.3 is 0 Å². The molecule has 0 aromatic carbocycles. The molecular weight excluding hydrogens is 198 g/mol. The first-order valence-corrected chi connectivity index (χ1v) is 3.34. The molecule has 0 aromatic rings. The zero-order valence-corrected chi connectivity index (χ0v) is 6.51. The van der Waals surface area contributed by atoms with E-state index in [0.29, 0.717) is 0 Å². The van der Waals surface area contributed by atoms with Crippen LogP contribution in [-0.2, 0) is 9.59 Å². The van der Waals surface area contributed by atoms with Gasteiger partial charge in [-0.15, -0.1) is 0 Å². The summed E-state index contributed by atoms with van der Waals surface area (Å²) in [6, 6.07) is 0. The fourth-order valence-corrected chi connectivity index (χ4v) is 0.883. The quantitative estimate of drug-likeness (QED) is 0.573. The smallest absolute Gasteiger partial charge is 0.202 e. The lowest BCUT2D eigenvalue weighted by Gasteiger charge is -2.02. The molecule has 2 N–H and O–H groups in total. The van der Waals surface area contributed by atoms with Crippen molar-refractivity contribution < 1.29 is 9.59 Å². The van der Waals surface area contributed by atoms with Gasteiger partial charge in [0.1, 0.15) is 0 Å². The van der Waals surface area contributed by atoms with Crippen LogP contribution < -0.4 is 5.73 Å². The maximum atomic E-state index is 10.7. The highest BCUT2D eigenvalue weighted by molar-refractivity contribution is 9.12. The standard InChI is InChI=1S/C6H4BrNO2/c7-5-3(9)1-2-4(10)6(5)8/h1-2H,8H2. The van der Waals surface area contributed by atoms with Gasteiger partial charge in [0, 0.05) is 0 Å². The van der Waals surface area contributed by atoms with Crippen LogP contribution in [0.4, 0.5) is 0 Å². The van der Waals surface area contributed by atoms with Crippen LogP contribution in [0.1, 0.15) is 0 Å². The van der Waals surface area contributed by atoms with Gasteiger partial charge in [0.05, 0.1) is 10.2 Å². The maximum Gasteiger partial charge on any atom is 0.202 e. The number of allylic oxidation sites excluding steroid dienone is 3. The average Bonchev–Trinajstić information content (AvgIpc) is 1.93. The number of halogens is 1. The van der Waals surface area contributed by atoms with E-state index in [-0.39, 0.29) is 21.7 Å². The van der Waals surface area contributed by atoms with Crippen molar-refractivity contribution >= 4 is 27.5 Å². The normalized spacial score (nSPS) is 18.5. The predicted molar refractivity (Wildman–Crippen MR) is 39.3 cm³/mol. The number of carbonyl (C=O) groups is 2. The molecule has 0 spiro atoms. The molecule has 0 aromatic heterocycles. The van der Waals surface area contributed by atoms with E-state index in [4.69, 9.17) is 5.73 Å². The van der Waals surface area contributed by atoms with E-state index >= 15 is 0 Å². The minimum absolute atomic E-state index is 0.0208. The Morgan fingerprint density at radius 3 is 2.20 bits per heavy atom. The van der Waals surface area contributed by atoms with Gasteiger partial charge in [-0.1, -0.05) is 0 Å². The van der Waals surface area contributed by atoms with Crippen molar-refractivity contribution in [1.29, 1.82) is 0 Å². The molecule has 0 aliphatic heterocycles. The minimum atomic E-state index is -0.327. The summed E-state index contributed by atoms with van der Waals surface area (Å²) in [7, 11) is 0. The third-order valence-electron chi connectivity index (χ3n) is 1.10. The Morgan fingerprint density at radius 1 is 1.20 bits per heavy atom. The maximum absolute atomic E-state index is 10.7. The van der Waals surface area contributed by atoms with Crippen LogP contribution >= 0.6 is 15.9 Å². The number of hydrogen-bond donors (Lipinski definition) is 1. The Bertz CT molecular complexity index is 239. The number of rotatable bonds is 0. The number of carbonyl (C=O) groups excluding carboxylic acids is 2. The van der Waals surface area contributed by atoms with E-state index in [2.05, 4.69) is 15.9 Å². The third-order valence-corrected chi connectivity index (χ3v) is 1.92. The first-order chi connectivity index (χ1) is 4.63. The van der Waals surface area contributed by atoms with Gasteiger partial charge in [0.15, 0.2) is 5.78 Å². The van der Waals surface area contributed by atoms with Crippen molar-refractivity contribution in [2.45, 2.75) is 0 Å². The second-order valence-electron chi connectivity index (χ2n) is 1.79. The Morgan fingerprint density at radius 2 is 1.70 bits per heavy atom. The van der Waals surface area contributed by atoms with Crippen molar-refractivity contribution in [3.05, 3.63) is 22.3 Å². The van der Waals surface area contributed by atoms with Crippen molar-refractivity contribution in [2.24, 2.45) is 5.73 Å². The molecule has 0 atom stereocenters. The molecular formula is C6H4BrNO2. The first kappa shape index (κ1) is 7.21. The largest absolute Gasteiger partial charge is 0.395 e. The molecule has 0 fully saturated rings. The van der Waals surface area contributed by atoms with Crippen LogP contribution in [0.2, 0.25) is 0 Å². The van der Waals surface area contributed by atoms with Gasteiger partial charge in [-0.2, -0.15) is 0 Å². The van der Waals surface area contributed by atoms with Crippen LogP contribution in [0.25, 0.3) is 0 Å². The topological polar surface area (TPSA) is 60.2 Å². The van der Waals surface area contributed by atoms with Crippen LogP contribution in [-0.4, -0.2) is 11.6 Å². The summed E-state index contributed by atoms with van der Waals surface area (Å²) >= 11 is 2.89. The van der Waals surface area contributed by atoms with Crippen molar-refractivity contribution in [3.8, 4) is 0 Å². The monoisotopic (exact) mass is 201 g/mol. The number of hydrogen-bond acceptors (Lipinski definition) is 3. The molecule has 52 valence electrons. The average molecular weight is 202 g/mol. The molecule has 0 heterocycles. The van der Waals surface area contributed by atoms with Gasteiger partial charge < -0.3 is 5.73 Å². The van der Waals surface area contributed by atoms with Crippen LogP contribution in [0.3, 0.4) is 0 Å². The van der Waals surface area contributed by atoms with Gasteiger partial charge in [-0.05, 0) is 28.1 Å². The predicted octanol–water partition coefficient (Wildman–Crippen LogP) is 0.260. The summed E-state index contributed by atoms with van der Waals surface area (Å²) in [5, 5.41) is 0. The van der Waals surface area contributed by atoms with E-state index < -0.39 is 0 Å². The van der Waals surface area contributed by atoms with Crippen molar-refractivity contribution in [3.63, 3.8) is 0 Å². The van der Waals surface area contributed by atoms with Crippen molar-refractivity contribution in [2.75, 3.05) is 0 Å². The number of ketones is 2. The highest BCUT2D eigenvalue weighted by Gasteiger charge is 2.16. The van der Waals surface area contributed by atoms with E-state index in [0.717, 1.165) is 6.08 Å². The highest BCUT2D eigenvalue weighted by Crippen LogP contribution is 2.15. The molecule has 0 unspecified atom stereocenters. The van der Waals surface area contributed by atoms with Gasteiger partial charge in [-0.3, -0.25) is 9.59 Å². The highest BCUT2D eigenvalue weighted by atomic mass is 79.9. The SMILES string of the molecule is NC1=C(Br)C(=O)C=CC1=O. The lowest BCUT2D eigenvalue weighted by atomic mass is 10.1. The summed E-state index contributed by atoms with van der Waals surface area (Å²) < 4.78 is 0.153. The molecule has 1 rings (SSSR count). The summed E-state index contributed by atoms with van der Waals surface area (Å²) in [5.74, 6) is -0.594. The van der Waals surface area contributed by atoms with Gasteiger partial charge in [0.25, 0.3) is 0 Å². The van der Waals surface area contributed by atoms with Gasteiger partial charge in [-0.25, -0.2) is 0 Å². The molecule has 1 aliphatic rings. The summed E-state index contributed by atoms with van der Waals surface area (Å²) in [5.41, 5.74) is 5.20. The second-order valence-corrected chi connectivity index (χ2v) is 2.58. The zero-order chi connectivity index (χ0) is 7.72. The van der Waals surface area contributed by atoms with E-state index in [1.807, 2.05) is 0 Å². The summed E-state index contributed by atoms with van der Waals surface area (Å²) in [6.45, 7) is 0. The fraction of sp³-hybridized carbons (Fsp3) is 0. The molecule has 0 saturated heterocycles. The van der Waals surface area contributed by atoms with Crippen LogP contribution in [0.15, 0.2) is 22.3 Å². The first-order valence-electron chi connectivity index (χ1n) is 2.55. The third kappa shape index (κ3) is 1.02. The molecule has 4 heteroatoms. The molecule has 0 radical (unpaired) electrons. The Balaban J connectivity index is 3.12. The van der Waals surface area contributed by atoms with Crippen LogP contribution in [0, 0.1) is 0 Å². The Labute approximate surface area is 65.7 Å². The fourth-order valence-electron chi connectivity index (χ4n) is 0.555. The van der Waals surface area contributed by atoms with E-state index in [1.54, 1.807) is 0 Å². The van der Waals surface area contributed by atoms with E-state index in [9.17, 15) is 9.59 Å². The van der Waals surface area contributed by atoms with Crippen LogP contribution in [0.5, 0.6) is 0 Å². The van der Waals surface area contributed by atoms with Gasteiger partial charge in [0.2, 0.25) is 5.78 Å². The lowest BCUT2D eigenvalue weighted by molar-refractivity contribution is -0.114. The molecule has 10 heavy (non-hydrogen) atoms. The minimum Gasteiger partial charge on any atom is -0.395 e. The number of nitrogens with two attached hydrogens (primary N) is 1. The van der Waals surface area contributed by atoms with Crippen molar-refractivity contribution in [1.82, 2.24) is 0 Å². The zero-order valence-electron chi connectivity index (χ0n) is 4.93. The molecule has 0 saturated carbocycles. The molecule has 0 bridgehead atoms. The molecule has 0 amide bonds. The Hall–Kier alpha value is -0.900. The Kier molecular flexibility index (Phi) is 1.72.